The molecule has 0 fully saturated rings. The Kier molecular flexibility index (Phi) is 3.12. The molecule has 0 aromatic heterocycles. The summed E-state index contributed by atoms with van der Waals surface area (Å²) in [7, 11) is 0. The Morgan fingerprint density at radius 3 is 2.29 bits per heavy atom. The van der Waals surface area contributed by atoms with Crippen molar-refractivity contribution in [3.05, 3.63) is 58.6 Å². The molecule has 17 heavy (non-hydrogen) atoms. The van der Waals surface area contributed by atoms with Gasteiger partial charge in [-0.3, -0.25) is 0 Å². The first-order valence-corrected chi connectivity index (χ1v) is 5.21. The van der Waals surface area contributed by atoms with Crippen LogP contribution in [-0.2, 0) is 0 Å². The summed E-state index contributed by atoms with van der Waals surface area (Å²) in [5, 5.41) is 0.540. The summed E-state index contributed by atoms with van der Waals surface area (Å²) in [5.74, 6) is 0.910. The first-order valence-electron chi connectivity index (χ1n) is 4.83. The van der Waals surface area contributed by atoms with Crippen LogP contribution in [0, 0.1) is 24.0 Å². The summed E-state index contributed by atoms with van der Waals surface area (Å²) in [6, 6.07) is 8.47. The molecule has 2 aromatic rings. The van der Waals surface area contributed by atoms with Crippen molar-refractivity contribution in [2.45, 2.75) is 0 Å². The second kappa shape index (κ2) is 4.57. The number of benzene rings is 2. The lowest BCUT2D eigenvalue weighted by atomic mass is 9.99. The van der Waals surface area contributed by atoms with Gasteiger partial charge in [0.15, 0.2) is 0 Å². The second-order valence-electron chi connectivity index (χ2n) is 3.46. The summed E-state index contributed by atoms with van der Waals surface area (Å²) in [5.41, 5.74) is 0.968. The van der Waals surface area contributed by atoms with E-state index in [2.05, 4.69) is 5.92 Å². The highest BCUT2D eigenvalue weighted by Gasteiger charge is 2.11. The van der Waals surface area contributed by atoms with Crippen LogP contribution in [0.3, 0.4) is 0 Å². The molecule has 0 N–H and O–H groups in total. The molecule has 0 nitrogen and oxygen atoms in total. The quantitative estimate of drug-likeness (QED) is 0.662. The summed E-state index contributed by atoms with van der Waals surface area (Å²) >= 11 is 5.74. The van der Waals surface area contributed by atoms with Gasteiger partial charge in [0.25, 0.3) is 0 Å². The fraction of sp³-hybridized carbons (Fsp3) is 0. The molecule has 0 bridgehead atoms. The zero-order valence-electron chi connectivity index (χ0n) is 8.68. The second-order valence-corrected chi connectivity index (χ2v) is 3.90. The van der Waals surface area contributed by atoms with Crippen molar-refractivity contribution in [2.24, 2.45) is 0 Å². The van der Waals surface area contributed by atoms with E-state index in [4.69, 9.17) is 18.0 Å². The van der Waals surface area contributed by atoms with E-state index in [-0.39, 0.29) is 11.1 Å². The van der Waals surface area contributed by atoms with Gasteiger partial charge in [-0.1, -0.05) is 29.7 Å². The van der Waals surface area contributed by atoms with E-state index in [0.29, 0.717) is 10.6 Å². The van der Waals surface area contributed by atoms with Gasteiger partial charge in [0.2, 0.25) is 0 Å². The van der Waals surface area contributed by atoms with Gasteiger partial charge < -0.3 is 0 Å². The van der Waals surface area contributed by atoms with Crippen molar-refractivity contribution in [2.75, 3.05) is 0 Å². The molecule has 3 heteroatoms. The average molecular weight is 249 g/mol. The number of hydrogen-bond donors (Lipinski definition) is 0. The normalized spacial score (nSPS) is 10.0. The zero-order chi connectivity index (χ0) is 12.4. The van der Waals surface area contributed by atoms with Gasteiger partial charge in [-0.2, -0.15) is 0 Å². The molecule has 0 aliphatic carbocycles. The third-order valence-electron chi connectivity index (χ3n) is 2.34. The Morgan fingerprint density at radius 2 is 1.71 bits per heavy atom. The number of hydrogen-bond acceptors (Lipinski definition) is 0. The van der Waals surface area contributed by atoms with E-state index in [1.807, 2.05) is 0 Å². The highest BCUT2D eigenvalue weighted by molar-refractivity contribution is 6.30. The molecule has 2 rings (SSSR count). The summed E-state index contributed by atoms with van der Waals surface area (Å²) in [6.45, 7) is 0. The first-order chi connectivity index (χ1) is 8.11. The molecule has 0 saturated carbocycles. The topological polar surface area (TPSA) is 0 Å². The third-order valence-corrected chi connectivity index (χ3v) is 2.60. The molecule has 0 aliphatic rings. The molecular weight excluding hydrogens is 242 g/mol. The lowest BCUT2D eigenvalue weighted by Crippen LogP contribution is -1.92. The molecule has 0 unspecified atom stereocenters. The summed E-state index contributed by atoms with van der Waals surface area (Å²) < 4.78 is 26.7. The van der Waals surface area contributed by atoms with Gasteiger partial charge in [0.1, 0.15) is 11.6 Å². The predicted octanol–water partition coefficient (Wildman–Crippen LogP) is 4.27. The highest BCUT2D eigenvalue weighted by atomic mass is 35.5. The minimum atomic E-state index is -0.687. The maximum absolute atomic E-state index is 13.7. The maximum Gasteiger partial charge on any atom is 0.135 e. The van der Waals surface area contributed by atoms with Crippen LogP contribution < -0.4 is 0 Å². The Hall–Kier alpha value is -1.85. The predicted molar refractivity (Wildman–Crippen MR) is 64.7 cm³/mol. The van der Waals surface area contributed by atoms with Gasteiger partial charge in [-0.25, -0.2) is 8.78 Å². The SMILES string of the molecule is C#Cc1cc(F)cc(F)c1-c1ccc(Cl)cc1. The van der Waals surface area contributed by atoms with Crippen LogP contribution in [-0.4, -0.2) is 0 Å². The van der Waals surface area contributed by atoms with Crippen LogP contribution in [0.25, 0.3) is 11.1 Å². The maximum atomic E-state index is 13.7. The van der Waals surface area contributed by atoms with Crippen molar-refractivity contribution in [1.29, 1.82) is 0 Å². The molecule has 0 aliphatic heterocycles. The van der Waals surface area contributed by atoms with Crippen molar-refractivity contribution in [1.82, 2.24) is 0 Å². The standard InChI is InChI=1S/C14H7ClF2/c1-2-9-7-12(16)8-13(17)14(9)10-3-5-11(15)6-4-10/h1,3-8H. The van der Waals surface area contributed by atoms with Gasteiger partial charge in [0, 0.05) is 22.2 Å². The van der Waals surface area contributed by atoms with Crippen molar-refractivity contribution < 1.29 is 8.78 Å². The summed E-state index contributed by atoms with van der Waals surface area (Å²) in [6.07, 6.45) is 5.25. The highest BCUT2D eigenvalue weighted by Crippen LogP contribution is 2.28. The number of halogens is 3. The lowest BCUT2D eigenvalue weighted by molar-refractivity contribution is 0.585. The van der Waals surface area contributed by atoms with Crippen molar-refractivity contribution >= 4 is 11.6 Å². The van der Waals surface area contributed by atoms with E-state index < -0.39 is 11.6 Å². The molecule has 0 heterocycles. The van der Waals surface area contributed by atoms with Gasteiger partial charge in [-0.05, 0) is 23.8 Å². The number of rotatable bonds is 1. The molecule has 0 amide bonds. The van der Waals surface area contributed by atoms with Crippen LogP contribution in [0.4, 0.5) is 8.78 Å². The Balaban J connectivity index is 2.67. The van der Waals surface area contributed by atoms with E-state index in [1.165, 1.54) is 0 Å². The van der Waals surface area contributed by atoms with Crippen LogP contribution in [0.15, 0.2) is 36.4 Å². The largest absolute Gasteiger partial charge is 0.207 e. The Labute approximate surface area is 103 Å². The fourth-order valence-corrected chi connectivity index (χ4v) is 1.72. The Bertz CT molecular complexity index is 595. The Morgan fingerprint density at radius 1 is 1.06 bits per heavy atom. The molecule has 84 valence electrons. The van der Waals surface area contributed by atoms with Gasteiger partial charge >= 0.3 is 0 Å². The van der Waals surface area contributed by atoms with Crippen LogP contribution in [0.2, 0.25) is 5.02 Å². The lowest BCUT2D eigenvalue weighted by Gasteiger charge is -2.07. The number of terminal acetylenes is 1. The van der Waals surface area contributed by atoms with Crippen LogP contribution in [0.1, 0.15) is 5.56 Å². The molecule has 0 radical (unpaired) electrons. The van der Waals surface area contributed by atoms with Crippen LogP contribution in [0.5, 0.6) is 0 Å². The monoisotopic (exact) mass is 248 g/mol. The zero-order valence-corrected chi connectivity index (χ0v) is 9.43. The molecule has 0 atom stereocenters. The summed E-state index contributed by atoms with van der Waals surface area (Å²) in [4.78, 5) is 0. The van der Waals surface area contributed by atoms with E-state index in [0.717, 1.165) is 12.1 Å². The molecule has 2 aromatic carbocycles. The fourth-order valence-electron chi connectivity index (χ4n) is 1.60. The van der Waals surface area contributed by atoms with Crippen LogP contribution >= 0.6 is 11.6 Å². The molecular formula is C14H7ClF2. The smallest absolute Gasteiger partial charge is 0.135 e. The van der Waals surface area contributed by atoms with Crippen molar-refractivity contribution in [3.63, 3.8) is 0 Å². The first kappa shape index (κ1) is 11.6. The van der Waals surface area contributed by atoms with E-state index in [9.17, 15) is 8.78 Å². The van der Waals surface area contributed by atoms with Gasteiger partial charge in [-0.15, -0.1) is 6.42 Å². The third kappa shape index (κ3) is 2.30. The minimum absolute atomic E-state index is 0.185. The molecule has 0 spiro atoms. The van der Waals surface area contributed by atoms with Crippen molar-refractivity contribution in [3.8, 4) is 23.5 Å². The molecule has 0 saturated heterocycles. The van der Waals surface area contributed by atoms with E-state index in [1.54, 1.807) is 24.3 Å². The average Bonchev–Trinajstić information content (AvgIpc) is 2.30. The van der Waals surface area contributed by atoms with E-state index >= 15 is 0 Å². The minimum Gasteiger partial charge on any atom is -0.207 e. The van der Waals surface area contributed by atoms with Gasteiger partial charge in [0.05, 0.1) is 0 Å².